The highest BCUT2D eigenvalue weighted by atomic mass is 32.2. The molecule has 0 atom stereocenters. The van der Waals surface area contributed by atoms with Crippen molar-refractivity contribution < 1.29 is 13.2 Å². The molecule has 1 heterocycles. The molecule has 0 radical (unpaired) electrons. The van der Waals surface area contributed by atoms with Crippen LogP contribution in [0.4, 0.5) is 4.79 Å². The van der Waals surface area contributed by atoms with Gasteiger partial charge in [0.25, 0.3) is 0 Å². The van der Waals surface area contributed by atoms with Crippen LogP contribution in [0.25, 0.3) is 0 Å². The molecule has 2 amide bonds. The predicted molar refractivity (Wildman–Crippen MR) is 47.0 cm³/mol. The van der Waals surface area contributed by atoms with E-state index in [9.17, 15) is 13.2 Å². The van der Waals surface area contributed by atoms with Crippen molar-refractivity contribution in [3.63, 3.8) is 0 Å². The summed E-state index contributed by atoms with van der Waals surface area (Å²) < 4.78 is 21.9. The van der Waals surface area contributed by atoms with E-state index in [0.717, 1.165) is 0 Å². The van der Waals surface area contributed by atoms with Crippen LogP contribution in [0.3, 0.4) is 0 Å². The molecule has 0 unspecified atom stereocenters. The third-order valence-corrected chi connectivity index (χ3v) is 2.69. The van der Waals surface area contributed by atoms with E-state index in [-0.39, 0.29) is 17.5 Å². The Labute approximate surface area is 76.7 Å². The van der Waals surface area contributed by atoms with E-state index in [0.29, 0.717) is 0 Å². The first kappa shape index (κ1) is 10.0. The number of urea groups is 1. The third-order valence-electron chi connectivity index (χ3n) is 1.72. The van der Waals surface area contributed by atoms with E-state index in [4.69, 9.17) is 5.14 Å². The number of likely N-dealkylation sites (N-methyl/N-ethyl adjacent to an activating group) is 1. The van der Waals surface area contributed by atoms with Gasteiger partial charge in [0.05, 0.1) is 11.4 Å². The summed E-state index contributed by atoms with van der Waals surface area (Å²) in [4.78, 5) is 13.7. The lowest BCUT2D eigenvalue weighted by molar-refractivity contribution is 0.186. The van der Waals surface area contributed by atoms with Gasteiger partial charge in [0, 0.05) is 20.3 Å². The van der Waals surface area contributed by atoms with Crippen LogP contribution in [-0.4, -0.2) is 44.9 Å². The Hall–Kier alpha value is -1.08. The van der Waals surface area contributed by atoms with Crippen LogP contribution < -0.4 is 5.14 Å². The molecule has 7 heteroatoms. The summed E-state index contributed by atoms with van der Waals surface area (Å²) in [6.45, 7) is 0.0298. The molecule has 1 aliphatic heterocycles. The van der Waals surface area contributed by atoms with E-state index in [2.05, 4.69) is 0 Å². The van der Waals surface area contributed by atoms with Crippen LogP contribution >= 0.6 is 0 Å². The van der Waals surface area contributed by atoms with Crippen LogP contribution in [-0.2, 0) is 10.0 Å². The lowest BCUT2D eigenvalue weighted by atomic mass is 10.4. The molecule has 0 aromatic carbocycles. The quantitative estimate of drug-likeness (QED) is 0.603. The number of primary sulfonamides is 1. The fraction of sp³-hybridized carbons (Fsp3) is 0.500. The summed E-state index contributed by atoms with van der Waals surface area (Å²) in [5.74, 6) is 0. The Kier molecular flexibility index (Phi) is 2.31. The van der Waals surface area contributed by atoms with Crippen molar-refractivity contribution >= 4 is 16.1 Å². The lowest BCUT2D eigenvalue weighted by Crippen LogP contribution is -2.43. The molecule has 0 saturated carbocycles. The molecular formula is C6H11N3O3S. The zero-order chi connectivity index (χ0) is 10.2. The Balaban J connectivity index is 3.05. The number of carbonyl (C=O) groups is 1. The molecule has 0 fully saturated rings. The number of carbonyl (C=O) groups excluding carboxylic acids is 1. The SMILES string of the molecule is CN1C=C(S(N)(=O)=O)CN(C)C1=O. The second-order valence-electron chi connectivity index (χ2n) is 2.89. The summed E-state index contributed by atoms with van der Waals surface area (Å²) in [6, 6.07) is -0.257. The second-order valence-corrected chi connectivity index (χ2v) is 4.50. The van der Waals surface area contributed by atoms with Crippen LogP contribution in [0.15, 0.2) is 11.1 Å². The Morgan fingerprint density at radius 2 is 2.00 bits per heavy atom. The lowest BCUT2D eigenvalue weighted by Gasteiger charge is -2.28. The summed E-state index contributed by atoms with van der Waals surface area (Å²) in [5.41, 5.74) is 0. The van der Waals surface area contributed by atoms with Crippen molar-refractivity contribution in [1.82, 2.24) is 9.80 Å². The Bertz CT molecular complexity index is 359. The molecule has 0 saturated heterocycles. The standard InChI is InChI=1S/C6H11N3O3S/c1-8-3-5(13(7,11)12)4-9(2)6(8)10/h3H,4H2,1-2H3,(H2,7,11,12). The summed E-state index contributed by atoms with van der Waals surface area (Å²) in [5, 5.41) is 4.92. The highest BCUT2D eigenvalue weighted by molar-refractivity contribution is 7.93. The Morgan fingerprint density at radius 3 is 2.38 bits per heavy atom. The molecule has 0 bridgehead atoms. The molecule has 1 aliphatic rings. The number of amides is 2. The van der Waals surface area contributed by atoms with Gasteiger partial charge in [0.2, 0.25) is 10.0 Å². The molecule has 0 aromatic heterocycles. The van der Waals surface area contributed by atoms with Gasteiger partial charge in [-0.15, -0.1) is 0 Å². The molecule has 6 nitrogen and oxygen atoms in total. The highest BCUT2D eigenvalue weighted by Gasteiger charge is 2.25. The topological polar surface area (TPSA) is 83.7 Å². The minimum absolute atomic E-state index is 0.0298. The number of nitrogens with zero attached hydrogens (tertiary/aromatic N) is 2. The van der Waals surface area contributed by atoms with Crippen LogP contribution in [0.2, 0.25) is 0 Å². The molecule has 13 heavy (non-hydrogen) atoms. The fourth-order valence-corrected chi connectivity index (χ4v) is 1.72. The average Bonchev–Trinajstić information content (AvgIpc) is 1.97. The van der Waals surface area contributed by atoms with E-state index in [1.807, 2.05) is 0 Å². The number of nitrogens with two attached hydrogens (primary N) is 1. The van der Waals surface area contributed by atoms with Gasteiger partial charge < -0.3 is 9.80 Å². The van der Waals surface area contributed by atoms with E-state index in [1.54, 1.807) is 0 Å². The number of hydrogen-bond donors (Lipinski definition) is 1. The first-order valence-corrected chi connectivity index (χ1v) is 5.08. The van der Waals surface area contributed by atoms with Crippen molar-refractivity contribution in [1.29, 1.82) is 0 Å². The summed E-state index contributed by atoms with van der Waals surface area (Å²) in [7, 11) is -0.703. The van der Waals surface area contributed by atoms with Gasteiger partial charge in [-0.3, -0.25) is 0 Å². The molecule has 0 spiro atoms. The molecule has 0 aromatic rings. The normalized spacial score (nSPS) is 19.0. The van der Waals surface area contributed by atoms with Crippen LogP contribution in [0.1, 0.15) is 0 Å². The van der Waals surface area contributed by atoms with E-state index >= 15 is 0 Å². The van der Waals surface area contributed by atoms with Crippen molar-refractivity contribution in [3.05, 3.63) is 11.1 Å². The van der Waals surface area contributed by atoms with Gasteiger partial charge in [-0.25, -0.2) is 18.4 Å². The monoisotopic (exact) mass is 205 g/mol. The van der Waals surface area contributed by atoms with Crippen molar-refractivity contribution in [2.24, 2.45) is 5.14 Å². The molecule has 74 valence electrons. The highest BCUT2D eigenvalue weighted by Crippen LogP contribution is 2.12. The molecule has 0 aliphatic carbocycles. The molecular weight excluding hydrogens is 194 g/mol. The molecule has 1 rings (SSSR count). The summed E-state index contributed by atoms with van der Waals surface area (Å²) in [6.07, 6.45) is 1.23. The number of hydrogen-bond acceptors (Lipinski definition) is 3. The number of sulfonamides is 1. The zero-order valence-electron chi connectivity index (χ0n) is 7.39. The fourth-order valence-electron chi connectivity index (χ4n) is 1.05. The van der Waals surface area contributed by atoms with Crippen molar-refractivity contribution in [3.8, 4) is 0 Å². The zero-order valence-corrected chi connectivity index (χ0v) is 8.21. The van der Waals surface area contributed by atoms with E-state index < -0.39 is 10.0 Å². The van der Waals surface area contributed by atoms with Crippen molar-refractivity contribution in [2.75, 3.05) is 20.6 Å². The maximum absolute atomic E-state index is 11.2. The van der Waals surface area contributed by atoms with Crippen LogP contribution in [0, 0.1) is 0 Å². The van der Waals surface area contributed by atoms with Gasteiger partial charge in [-0.05, 0) is 0 Å². The van der Waals surface area contributed by atoms with Gasteiger partial charge in [-0.2, -0.15) is 0 Å². The summed E-state index contributed by atoms with van der Waals surface area (Å²) >= 11 is 0. The van der Waals surface area contributed by atoms with E-state index in [1.165, 1.54) is 30.1 Å². The van der Waals surface area contributed by atoms with Gasteiger partial charge >= 0.3 is 6.03 Å². The minimum Gasteiger partial charge on any atom is -0.322 e. The smallest absolute Gasteiger partial charge is 0.322 e. The third kappa shape index (κ3) is 1.99. The minimum atomic E-state index is -3.69. The second kappa shape index (κ2) is 3.00. The maximum Gasteiger partial charge on any atom is 0.323 e. The maximum atomic E-state index is 11.2. The first-order valence-electron chi connectivity index (χ1n) is 3.54. The number of rotatable bonds is 1. The van der Waals surface area contributed by atoms with Crippen LogP contribution in [0.5, 0.6) is 0 Å². The Morgan fingerprint density at radius 1 is 1.46 bits per heavy atom. The molecule has 2 N–H and O–H groups in total. The van der Waals surface area contributed by atoms with Crippen molar-refractivity contribution in [2.45, 2.75) is 0 Å². The van der Waals surface area contributed by atoms with Gasteiger partial charge in [-0.1, -0.05) is 0 Å². The van der Waals surface area contributed by atoms with Gasteiger partial charge in [0.15, 0.2) is 0 Å². The van der Waals surface area contributed by atoms with Gasteiger partial charge in [0.1, 0.15) is 0 Å². The largest absolute Gasteiger partial charge is 0.323 e. The average molecular weight is 205 g/mol. The predicted octanol–water partition coefficient (Wildman–Crippen LogP) is -0.886. The first-order chi connectivity index (χ1) is 5.82.